The Kier molecular flexibility index (Phi) is 6.14. The lowest BCUT2D eigenvalue weighted by atomic mass is 9.97. The highest BCUT2D eigenvalue weighted by Gasteiger charge is 2.00. The Morgan fingerprint density at radius 2 is 1.00 bits per heavy atom. The molecule has 0 aliphatic rings. The second kappa shape index (κ2) is 7.63. The maximum atomic E-state index is 5.36. The smallest absolute Gasteiger partial charge is 0.0313 e. The van der Waals surface area contributed by atoms with Gasteiger partial charge in [-0.1, -0.05) is 70.2 Å². The van der Waals surface area contributed by atoms with E-state index in [0.29, 0.717) is 11.8 Å². The van der Waals surface area contributed by atoms with E-state index < -0.39 is 0 Å². The summed E-state index contributed by atoms with van der Waals surface area (Å²) in [4.78, 5) is 0. The van der Waals surface area contributed by atoms with Crippen LogP contribution in [0.1, 0.15) is 50.7 Å². The van der Waals surface area contributed by atoms with Crippen LogP contribution in [-0.2, 0) is 0 Å². The number of rotatable bonds is 2. The second-order valence-corrected chi connectivity index (χ2v) is 5.39. The van der Waals surface area contributed by atoms with E-state index in [0.717, 1.165) is 5.69 Å². The van der Waals surface area contributed by atoms with Crippen molar-refractivity contribution >= 4 is 5.69 Å². The van der Waals surface area contributed by atoms with E-state index in [-0.39, 0.29) is 0 Å². The Balaban J connectivity index is 0.000000218. The molecule has 0 aliphatic carbocycles. The van der Waals surface area contributed by atoms with Gasteiger partial charge in [-0.3, -0.25) is 0 Å². The molecule has 0 bridgehead atoms. The lowest BCUT2D eigenvalue weighted by Gasteiger charge is -2.08. The zero-order valence-corrected chi connectivity index (χ0v) is 12.4. The van der Waals surface area contributed by atoms with E-state index in [1.54, 1.807) is 0 Å². The van der Waals surface area contributed by atoms with Crippen LogP contribution in [0, 0.1) is 0 Å². The summed E-state index contributed by atoms with van der Waals surface area (Å²) in [5.74, 6) is 1.29. The van der Waals surface area contributed by atoms with Crippen molar-refractivity contribution in [3.63, 3.8) is 0 Å². The fraction of sp³-hybridized carbons (Fsp3) is 0.333. The Morgan fingerprint density at radius 3 is 1.21 bits per heavy atom. The molecule has 0 spiro atoms. The zero-order chi connectivity index (χ0) is 14.3. The highest BCUT2D eigenvalue weighted by atomic mass is 14.5. The van der Waals surface area contributed by atoms with Gasteiger partial charge in [0.1, 0.15) is 0 Å². The highest BCUT2D eigenvalue weighted by Crippen LogP contribution is 2.18. The summed E-state index contributed by atoms with van der Waals surface area (Å²) in [5, 5.41) is 0. The number of para-hydroxylation sites is 1. The van der Waals surface area contributed by atoms with E-state index in [2.05, 4.69) is 52.0 Å². The Hall–Kier alpha value is -1.76. The van der Waals surface area contributed by atoms with E-state index in [1.807, 2.05) is 30.3 Å². The van der Waals surface area contributed by atoms with E-state index in [1.165, 1.54) is 11.1 Å². The van der Waals surface area contributed by atoms with Crippen molar-refractivity contribution in [3.05, 3.63) is 65.7 Å². The van der Waals surface area contributed by atoms with Gasteiger partial charge in [-0.25, -0.2) is 0 Å². The average Bonchev–Trinajstić information content (AvgIpc) is 2.40. The molecule has 0 fully saturated rings. The van der Waals surface area contributed by atoms with E-state index in [9.17, 15) is 0 Å². The van der Waals surface area contributed by atoms with Crippen molar-refractivity contribution in [3.8, 4) is 0 Å². The molecule has 102 valence electrons. The summed E-state index contributed by atoms with van der Waals surface area (Å²) in [6.45, 7) is 8.91. The third-order valence-corrected chi connectivity index (χ3v) is 3.07. The largest absolute Gasteiger partial charge is 0.399 e. The van der Waals surface area contributed by atoms with Crippen LogP contribution in [0.15, 0.2) is 54.6 Å². The Labute approximate surface area is 117 Å². The van der Waals surface area contributed by atoms with Crippen LogP contribution < -0.4 is 5.73 Å². The molecular formula is C18H25N. The molecule has 0 radical (unpaired) electrons. The van der Waals surface area contributed by atoms with Gasteiger partial charge in [-0.2, -0.15) is 0 Å². The molecular weight excluding hydrogens is 230 g/mol. The van der Waals surface area contributed by atoms with E-state index >= 15 is 0 Å². The van der Waals surface area contributed by atoms with Gasteiger partial charge in [-0.05, 0) is 35.1 Å². The molecule has 0 heterocycles. The van der Waals surface area contributed by atoms with Gasteiger partial charge in [-0.15, -0.1) is 0 Å². The number of hydrogen-bond acceptors (Lipinski definition) is 1. The first-order valence-corrected chi connectivity index (χ1v) is 6.91. The summed E-state index contributed by atoms with van der Waals surface area (Å²) < 4.78 is 0. The molecule has 2 rings (SSSR count). The summed E-state index contributed by atoms with van der Waals surface area (Å²) in [6, 6.07) is 18.4. The van der Waals surface area contributed by atoms with Gasteiger partial charge >= 0.3 is 0 Å². The number of anilines is 1. The van der Waals surface area contributed by atoms with Crippen LogP contribution in [0.5, 0.6) is 0 Å². The van der Waals surface area contributed by atoms with Crippen LogP contribution in [0.25, 0.3) is 0 Å². The molecule has 0 atom stereocenters. The Bertz CT molecular complexity index is 428. The highest BCUT2D eigenvalue weighted by molar-refractivity contribution is 5.35. The number of nitrogens with two attached hydrogens (primary N) is 1. The van der Waals surface area contributed by atoms with Crippen LogP contribution in [0.2, 0.25) is 0 Å². The Morgan fingerprint density at radius 1 is 0.632 bits per heavy atom. The molecule has 0 aromatic heterocycles. The maximum Gasteiger partial charge on any atom is 0.0313 e. The fourth-order valence-corrected chi connectivity index (χ4v) is 1.72. The zero-order valence-electron chi connectivity index (χ0n) is 12.4. The summed E-state index contributed by atoms with van der Waals surface area (Å²) in [7, 11) is 0. The average molecular weight is 255 g/mol. The van der Waals surface area contributed by atoms with Crippen molar-refractivity contribution in [2.24, 2.45) is 0 Å². The molecule has 1 nitrogen and oxygen atoms in total. The van der Waals surface area contributed by atoms with Gasteiger partial charge in [0.15, 0.2) is 0 Å². The molecule has 0 saturated carbocycles. The van der Waals surface area contributed by atoms with Crippen molar-refractivity contribution in [2.75, 3.05) is 5.73 Å². The molecule has 0 saturated heterocycles. The first kappa shape index (κ1) is 15.3. The number of nitrogen functional groups attached to an aromatic ring is 1. The molecule has 1 heteroatoms. The minimum Gasteiger partial charge on any atom is -0.399 e. The van der Waals surface area contributed by atoms with Crippen LogP contribution >= 0.6 is 0 Å². The monoisotopic (exact) mass is 255 g/mol. The SMILES string of the molecule is CC(C)c1ccc(C(C)C)cc1.Nc1ccccc1. The quantitative estimate of drug-likeness (QED) is 0.733. The minimum absolute atomic E-state index is 0.645. The standard InChI is InChI=1S/C12H18.C6H7N/c1-9(2)11-5-7-12(8-6-11)10(3)4;7-6-4-2-1-3-5-6/h5-10H,1-4H3;1-5H,7H2. The van der Waals surface area contributed by atoms with E-state index in [4.69, 9.17) is 5.73 Å². The van der Waals surface area contributed by atoms with Gasteiger partial charge in [0.05, 0.1) is 0 Å². The predicted molar refractivity (Wildman–Crippen MR) is 85.5 cm³/mol. The third kappa shape index (κ3) is 5.60. The predicted octanol–water partition coefficient (Wildman–Crippen LogP) is 5.20. The van der Waals surface area contributed by atoms with Gasteiger partial charge in [0, 0.05) is 5.69 Å². The molecule has 2 N–H and O–H groups in total. The molecule has 2 aromatic rings. The van der Waals surface area contributed by atoms with Gasteiger partial charge in [0.2, 0.25) is 0 Å². The van der Waals surface area contributed by atoms with Crippen molar-refractivity contribution in [1.82, 2.24) is 0 Å². The molecule has 2 aromatic carbocycles. The van der Waals surface area contributed by atoms with Crippen molar-refractivity contribution < 1.29 is 0 Å². The molecule has 0 amide bonds. The van der Waals surface area contributed by atoms with Gasteiger partial charge < -0.3 is 5.73 Å². The minimum atomic E-state index is 0.645. The first-order valence-electron chi connectivity index (χ1n) is 6.91. The lowest BCUT2D eigenvalue weighted by molar-refractivity contribution is 0.845. The van der Waals surface area contributed by atoms with Crippen molar-refractivity contribution in [2.45, 2.75) is 39.5 Å². The van der Waals surface area contributed by atoms with Gasteiger partial charge in [0.25, 0.3) is 0 Å². The van der Waals surface area contributed by atoms with Crippen LogP contribution in [0.4, 0.5) is 5.69 Å². The topological polar surface area (TPSA) is 26.0 Å². The van der Waals surface area contributed by atoms with Crippen LogP contribution in [0.3, 0.4) is 0 Å². The summed E-state index contributed by atoms with van der Waals surface area (Å²) in [6.07, 6.45) is 0. The molecule has 0 unspecified atom stereocenters. The third-order valence-electron chi connectivity index (χ3n) is 3.07. The molecule has 19 heavy (non-hydrogen) atoms. The maximum absolute atomic E-state index is 5.36. The van der Waals surface area contributed by atoms with Crippen molar-refractivity contribution in [1.29, 1.82) is 0 Å². The van der Waals surface area contributed by atoms with Crippen LogP contribution in [-0.4, -0.2) is 0 Å². The summed E-state index contributed by atoms with van der Waals surface area (Å²) in [5.41, 5.74) is 9.04. The summed E-state index contributed by atoms with van der Waals surface area (Å²) >= 11 is 0. The number of hydrogen-bond donors (Lipinski definition) is 1. The first-order chi connectivity index (χ1) is 9.00. The fourth-order valence-electron chi connectivity index (χ4n) is 1.72. The second-order valence-electron chi connectivity index (χ2n) is 5.39. The number of benzene rings is 2. The normalized spacial score (nSPS) is 10.2. The lowest BCUT2D eigenvalue weighted by Crippen LogP contribution is -1.90. The molecule has 0 aliphatic heterocycles.